The summed E-state index contributed by atoms with van der Waals surface area (Å²) >= 11 is 0. The zero-order valence-corrected chi connectivity index (χ0v) is 10.8. The molecule has 0 saturated heterocycles. The van der Waals surface area contributed by atoms with Crippen LogP contribution in [-0.4, -0.2) is 4.98 Å². The van der Waals surface area contributed by atoms with Crippen molar-refractivity contribution in [3.63, 3.8) is 0 Å². The van der Waals surface area contributed by atoms with E-state index in [1.165, 1.54) is 36.8 Å². The van der Waals surface area contributed by atoms with Gasteiger partial charge in [0.05, 0.1) is 0 Å². The number of hydrogen-bond donors (Lipinski definition) is 2. The fourth-order valence-electron chi connectivity index (χ4n) is 3.10. The molecule has 1 fully saturated rings. The first-order valence-electron chi connectivity index (χ1n) is 6.59. The maximum atomic E-state index is 5.78. The summed E-state index contributed by atoms with van der Waals surface area (Å²) in [5, 5.41) is 0. The summed E-state index contributed by atoms with van der Waals surface area (Å²) in [4.78, 5) is 4.15. The lowest BCUT2D eigenvalue weighted by Crippen LogP contribution is -2.36. The number of hydrazine groups is 1. The first-order valence-corrected chi connectivity index (χ1v) is 6.59. The van der Waals surface area contributed by atoms with Crippen LogP contribution in [-0.2, 0) is 0 Å². The standard InChI is InChI=1S/C14H23N3/c1-10-4-3-5-12(8-10)14(17-15)13-6-7-16-9-11(13)2/h6-7,9-10,12,14,17H,3-5,8,15H2,1-2H3. The van der Waals surface area contributed by atoms with E-state index in [9.17, 15) is 0 Å². The van der Waals surface area contributed by atoms with E-state index in [0.29, 0.717) is 5.92 Å². The van der Waals surface area contributed by atoms with Gasteiger partial charge < -0.3 is 0 Å². The van der Waals surface area contributed by atoms with Crippen LogP contribution in [0.15, 0.2) is 18.5 Å². The van der Waals surface area contributed by atoms with Gasteiger partial charge in [0, 0.05) is 18.4 Å². The lowest BCUT2D eigenvalue weighted by Gasteiger charge is -2.33. The summed E-state index contributed by atoms with van der Waals surface area (Å²) in [5.41, 5.74) is 5.56. The van der Waals surface area contributed by atoms with E-state index in [-0.39, 0.29) is 6.04 Å². The van der Waals surface area contributed by atoms with Gasteiger partial charge in [-0.1, -0.05) is 19.8 Å². The Balaban J connectivity index is 2.18. The number of aryl methyl sites for hydroxylation is 1. The zero-order chi connectivity index (χ0) is 12.3. The van der Waals surface area contributed by atoms with E-state index in [1.807, 2.05) is 12.4 Å². The van der Waals surface area contributed by atoms with Crippen molar-refractivity contribution in [1.29, 1.82) is 0 Å². The molecule has 3 unspecified atom stereocenters. The van der Waals surface area contributed by atoms with E-state index in [0.717, 1.165) is 5.92 Å². The highest BCUT2D eigenvalue weighted by Gasteiger charge is 2.27. The number of nitrogens with two attached hydrogens (primary N) is 1. The Labute approximate surface area is 104 Å². The lowest BCUT2D eigenvalue weighted by atomic mass is 9.76. The van der Waals surface area contributed by atoms with Gasteiger partial charge in [-0.05, 0) is 48.8 Å². The average molecular weight is 233 g/mol. The number of aromatic nitrogens is 1. The summed E-state index contributed by atoms with van der Waals surface area (Å²) in [7, 11) is 0. The lowest BCUT2D eigenvalue weighted by molar-refractivity contribution is 0.224. The monoisotopic (exact) mass is 233 g/mol. The Bertz CT molecular complexity index is 364. The smallest absolute Gasteiger partial charge is 0.0491 e. The summed E-state index contributed by atoms with van der Waals surface area (Å²) in [5.74, 6) is 7.26. The van der Waals surface area contributed by atoms with E-state index in [2.05, 4.69) is 30.3 Å². The van der Waals surface area contributed by atoms with Crippen molar-refractivity contribution >= 4 is 0 Å². The summed E-state index contributed by atoms with van der Waals surface area (Å²) in [6.45, 7) is 4.46. The summed E-state index contributed by atoms with van der Waals surface area (Å²) in [6.07, 6.45) is 9.03. The fourth-order valence-corrected chi connectivity index (χ4v) is 3.10. The number of rotatable bonds is 3. The largest absolute Gasteiger partial charge is 0.271 e. The molecule has 1 aliphatic carbocycles. The van der Waals surface area contributed by atoms with Gasteiger partial charge >= 0.3 is 0 Å². The molecule has 3 heteroatoms. The molecule has 1 saturated carbocycles. The molecule has 1 aromatic heterocycles. The topological polar surface area (TPSA) is 50.9 Å². The van der Waals surface area contributed by atoms with Gasteiger partial charge in [0.15, 0.2) is 0 Å². The highest BCUT2D eigenvalue weighted by atomic mass is 15.2. The number of pyridine rings is 1. The van der Waals surface area contributed by atoms with Gasteiger partial charge in [0.1, 0.15) is 0 Å². The Hall–Kier alpha value is -0.930. The molecule has 0 bridgehead atoms. The number of nitrogens with one attached hydrogen (secondary N) is 1. The Morgan fingerprint density at radius 2 is 2.29 bits per heavy atom. The Morgan fingerprint density at radius 3 is 2.94 bits per heavy atom. The SMILES string of the molecule is Cc1cnccc1C(NN)C1CCCC(C)C1. The third-order valence-corrected chi connectivity index (χ3v) is 4.03. The van der Waals surface area contributed by atoms with Gasteiger partial charge in [-0.25, -0.2) is 0 Å². The maximum absolute atomic E-state index is 5.78. The van der Waals surface area contributed by atoms with E-state index >= 15 is 0 Å². The van der Waals surface area contributed by atoms with Crippen LogP contribution in [0.25, 0.3) is 0 Å². The molecule has 0 amide bonds. The third-order valence-electron chi connectivity index (χ3n) is 4.03. The minimum atomic E-state index is 0.278. The van der Waals surface area contributed by atoms with Crippen molar-refractivity contribution in [3.8, 4) is 0 Å². The van der Waals surface area contributed by atoms with Crippen molar-refractivity contribution in [2.24, 2.45) is 17.7 Å². The van der Waals surface area contributed by atoms with Crippen molar-refractivity contribution in [3.05, 3.63) is 29.6 Å². The summed E-state index contributed by atoms with van der Waals surface area (Å²) < 4.78 is 0. The molecule has 3 atom stereocenters. The second kappa shape index (κ2) is 5.61. The molecule has 2 rings (SSSR count). The van der Waals surface area contributed by atoms with E-state index in [1.54, 1.807) is 0 Å². The number of hydrogen-bond acceptors (Lipinski definition) is 3. The molecule has 0 spiro atoms. The van der Waals surface area contributed by atoms with Gasteiger partial charge in [-0.15, -0.1) is 0 Å². The Morgan fingerprint density at radius 1 is 1.47 bits per heavy atom. The van der Waals surface area contributed by atoms with Gasteiger partial charge in [0.2, 0.25) is 0 Å². The quantitative estimate of drug-likeness (QED) is 0.623. The first kappa shape index (κ1) is 12.5. The second-order valence-electron chi connectivity index (χ2n) is 5.41. The van der Waals surface area contributed by atoms with Crippen molar-refractivity contribution in [2.75, 3.05) is 0 Å². The van der Waals surface area contributed by atoms with Crippen molar-refractivity contribution in [1.82, 2.24) is 10.4 Å². The van der Waals surface area contributed by atoms with Crippen LogP contribution in [0, 0.1) is 18.8 Å². The minimum Gasteiger partial charge on any atom is -0.271 e. The van der Waals surface area contributed by atoms with Crippen LogP contribution in [0.4, 0.5) is 0 Å². The van der Waals surface area contributed by atoms with Gasteiger partial charge in [0.25, 0.3) is 0 Å². The molecule has 0 aromatic carbocycles. The zero-order valence-electron chi connectivity index (χ0n) is 10.8. The predicted molar refractivity (Wildman–Crippen MR) is 70.2 cm³/mol. The average Bonchev–Trinajstić information content (AvgIpc) is 2.33. The predicted octanol–water partition coefficient (Wildman–Crippen LogP) is 2.72. The molecule has 1 aliphatic rings. The number of nitrogens with zero attached hydrogens (tertiary/aromatic N) is 1. The molecule has 0 radical (unpaired) electrons. The van der Waals surface area contributed by atoms with E-state index < -0.39 is 0 Å². The molecule has 1 aromatic rings. The van der Waals surface area contributed by atoms with Crippen LogP contribution in [0.2, 0.25) is 0 Å². The van der Waals surface area contributed by atoms with Crippen LogP contribution >= 0.6 is 0 Å². The van der Waals surface area contributed by atoms with E-state index in [4.69, 9.17) is 5.84 Å². The molecule has 94 valence electrons. The summed E-state index contributed by atoms with van der Waals surface area (Å²) in [6, 6.07) is 2.37. The molecule has 0 aliphatic heterocycles. The Kier molecular flexibility index (Phi) is 4.13. The molecular formula is C14H23N3. The van der Waals surface area contributed by atoms with Crippen molar-refractivity contribution in [2.45, 2.75) is 45.6 Å². The van der Waals surface area contributed by atoms with Crippen LogP contribution in [0.5, 0.6) is 0 Å². The molecular weight excluding hydrogens is 210 g/mol. The van der Waals surface area contributed by atoms with Gasteiger partial charge in [-0.2, -0.15) is 0 Å². The molecule has 1 heterocycles. The van der Waals surface area contributed by atoms with Crippen LogP contribution in [0.3, 0.4) is 0 Å². The van der Waals surface area contributed by atoms with Gasteiger partial charge in [-0.3, -0.25) is 16.3 Å². The highest BCUT2D eigenvalue weighted by molar-refractivity contribution is 5.26. The first-order chi connectivity index (χ1) is 8.22. The molecule has 17 heavy (non-hydrogen) atoms. The molecule has 3 nitrogen and oxygen atoms in total. The van der Waals surface area contributed by atoms with Crippen LogP contribution in [0.1, 0.15) is 49.8 Å². The fraction of sp³-hybridized carbons (Fsp3) is 0.643. The third kappa shape index (κ3) is 2.85. The van der Waals surface area contributed by atoms with Crippen molar-refractivity contribution < 1.29 is 0 Å². The minimum absolute atomic E-state index is 0.278. The molecule has 3 N–H and O–H groups in total. The second-order valence-corrected chi connectivity index (χ2v) is 5.41. The highest BCUT2D eigenvalue weighted by Crippen LogP contribution is 2.37. The maximum Gasteiger partial charge on any atom is 0.0491 e. The van der Waals surface area contributed by atoms with Crippen LogP contribution < -0.4 is 11.3 Å². The normalized spacial score (nSPS) is 26.8.